The largest absolute Gasteiger partial charge is 0.497 e. The summed E-state index contributed by atoms with van der Waals surface area (Å²) in [6, 6.07) is 11.1. The van der Waals surface area contributed by atoms with Crippen molar-refractivity contribution in [2.75, 3.05) is 27.9 Å². The van der Waals surface area contributed by atoms with Crippen LogP contribution in [0.4, 0.5) is 0 Å². The van der Waals surface area contributed by atoms with Crippen molar-refractivity contribution < 1.29 is 19.0 Å². The van der Waals surface area contributed by atoms with Crippen LogP contribution in [0.5, 0.6) is 17.2 Å². The molecule has 0 aliphatic heterocycles. The van der Waals surface area contributed by atoms with E-state index >= 15 is 0 Å². The number of benzene rings is 2. The van der Waals surface area contributed by atoms with E-state index in [1.807, 2.05) is 30.3 Å². The molecule has 0 radical (unpaired) electrons. The van der Waals surface area contributed by atoms with E-state index in [2.05, 4.69) is 15.3 Å². The zero-order valence-electron chi connectivity index (χ0n) is 16.1. The van der Waals surface area contributed by atoms with Gasteiger partial charge in [-0.05, 0) is 35.9 Å². The Bertz CT molecular complexity index is 994. The number of aromatic amines is 1. The Morgan fingerprint density at radius 3 is 2.64 bits per heavy atom. The molecule has 0 fully saturated rings. The molecular formula is C21H23N3O4. The number of hydrogen-bond acceptors (Lipinski definition) is 5. The molecule has 2 N–H and O–H groups in total. The monoisotopic (exact) mass is 381 g/mol. The van der Waals surface area contributed by atoms with Crippen molar-refractivity contribution in [3.8, 4) is 17.2 Å². The number of ether oxygens (including phenoxy) is 3. The second-order valence-corrected chi connectivity index (χ2v) is 6.06. The number of nitrogens with one attached hydrogen (secondary N) is 2. The molecule has 0 bridgehead atoms. The number of fused-ring (bicyclic) bond motifs is 1. The first-order valence-corrected chi connectivity index (χ1v) is 8.83. The summed E-state index contributed by atoms with van der Waals surface area (Å²) in [7, 11) is 4.79. The van der Waals surface area contributed by atoms with Gasteiger partial charge in [0, 0.05) is 25.1 Å². The van der Waals surface area contributed by atoms with Crippen molar-refractivity contribution in [2.24, 2.45) is 0 Å². The van der Waals surface area contributed by atoms with Crippen LogP contribution >= 0.6 is 0 Å². The van der Waals surface area contributed by atoms with Gasteiger partial charge >= 0.3 is 0 Å². The van der Waals surface area contributed by atoms with E-state index < -0.39 is 0 Å². The standard InChI is InChI=1S/C21H23N3O4/c1-26-15-6-7-16-17(13-15)24-20(23-16)10-11-22-21(25)9-5-14-4-8-18(27-2)19(12-14)28-3/h4-9,12-13H,10-11H2,1-3H3,(H,22,25)(H,23,24)/b9-5+. The molecule has 7 heteroatoms. The molecule has 1 amide bonds. The molecule has 0 aliphatic carbocycles. The molecule has 0 saturated heterocycles. The lowest BCUT2D eigenvalue weighted by Gasteiger charge is -2.07. The summed E-state index contributed by atoms with van der Waals surface area (Å²) in [6.07, 6.45) is 3.82. The Balaban J connectivity index is 1.53. The molecule has 1 aromatic heterocycles. The lowest BCUT2D eigenvalue weighted by Crippen LogP contribution is -2.23. The van der Waals surface area contributed by atoms with Crippen LogP contribution in [-0.2, 0) is 11.2 Å². The maximum Gasteiger partial charge on any atom is 0.244 e. The van der Waals surface area contributed by atoms with Gasteiger partial charge in [-0.3, -0.25) is 4.79 Å². The van der Waals surface area contributed by atoms with E-state index in [0.717, 1.165) is 28.2 Å². The molecule has 0 saturated carbocycles. The lowest BCUT2D eigenvalue weighted by molar-refractivity contribution is -0.116. The van der Waals surface area contributed by atoms with Crippen LogP contribution in [0.1, 0.15) is 11.4 Å². The minimum absolute atomic E-state index is 0.174. The number of H-pyrrole nitrogens is 1. The van der Waals surface area contributed by atoms with Crippen molar-refractivity contribution >= 4 is 23.0 Å². The number of imidazole rings is 1. The summed E-state index contributed by atoms with van der Waals surface area (Å²) >= 11 is 0. The van der Waals surface area contributed by atoms with Crippen LogP contribution in [0, 0.1) is 0 Å². The second-order valence-electron chi connectivity index (χ2n) is 6.06. The minimum Gasteiger partial charge on any atom is -0.497 e. The summed E-state index contributed by atoms with van der Waals surface area (Å²) in [5.41, 5.74) is 2.63. The molecule has 28 heavy (non-hydrogen) atoms. The van der Waals surface area contributed by atoms with Crippen LogP contribution in [0.2, 0.25) is 0 Å². The third-order valence-electron chi connectivity index (χ3n) is 4.23. The molecule has 146 valence electrons. The third kappa shape index (κ3) is 4.62. The normalized spacial score (nSPS) is 11.0. The zero-order valence-corrected chi connectivity index (χ0v) is 16.1. The summed E-state index contributed by atoms with van der Waals surface area (Å²) in [4.78, 5) is 19.8. The van der Waals surface area contributed by atoms with Gasteiger partial charge in [0.15, 0.2) is 11.5 Å². The van der Waals surface area contributed by atoms with Gasteiger partial charge < -0.3 is 24.5 Å². The van der Waals surface area contributed by atoms with Gasteiger partial charge in [0.2, 0.25) is 5.91 Å². The van der Waals surface area contributed by atoms with Crippen LogP contribution in [0.15, 0.2) is 42.5 Å². The molecule has 0 spiro atoms. The van der Waals surface area contributed by atoms with Crippen LogP contribution in [0.3, 0.4) is 0 Å². The zero-order chi connectivity index (χ0) is 19.9. The van der Waals surface area contributed by atoms with Crippen molar-refractivity contribution in [3.05, 3.63) is 53.9 Å². The number of carbonyl (C=O) groups excluding carboxylic acids is 1. The average molecular weight is 381 g/mol. The molecule has 0 aliphatic rings. The number of aromatic nitrogens is 2. The van der Waals surface area contributed by atoms with Crippen molar-refractivity contribution in [2.45, 2.75) is 6.42 Å². The Morgan fingerprint density at radius 2 is 1.89 bits per heavy atom. The van der Waals surface area contributed by atoms with Gasteiger partial charge in [0.1, 0.15) is 11.6 Å². The van der Waals surface area contributed by atoms with Crippen molar-refractivity contribution in [3.63, 3.8) is 0 Å². The van der Waals surface area contributed by atoms with Crippen LogP contribution < -0.4 is 19.5 Å². The number of methoxy groups -OCH3 is 3. The van der Waals surface area contributed by atoms with Gasteiger partial charge in [-0.1, -0.05) is 6.07 Å². The van der Waals surface area contributed by atoms with Gasteiger partial charge in [0.05, 0.1) is 32.4 Å². The summed E-state index contributed by atoms with van der Waals surface area (Å²) in [5, 5.41) is 2.85. The lowest BCUT2D eigenvalue weighted by atomic mass is 10.2. The van der Waals surface area contributed by atoms with Crippen LogP contribution in [-0.4, -0.2) is 43.7 Å². The molecule has 2 aromatic carbocycles. The Labute approximate surface area is 163 Å². The Hall–Kier alpha value is -3.48. The van der Waals surface area contributed by atoms with E-state index in [-0.39, 0.29) is 5.91 Å². The fourth-order valence-corrected chi connectivity index (χ4v) is 2.78. The Kier molecular flexibility index (Phi) is 6.16. The highest BCUT2D eigenvalue weighted by molar-refractivity contribution is 5.91. The number of amides is 1. The summed E-state index contributed by atoms with van der Waals surface area (Å²) < 4.78 is 15.7. The predicted molar refractivity (Wildman–Crippen MR) is 108 cm³/mol. The first kappa shape index (κ1) is 19.3. The number of hydrogen-bond donors (Lipinski definition) is 2. The van der Waals surface area contributed by atoms with Crippen molar-refractivity contribution in [1.29, 1.82) is 0 Å². The average Bonchev–Trinajstić information content (AvgIpc) is 3.13. The summed E-state index contributed by atoms with van der Waals surface area (Å²) in [5.74, 6) is 2.68. The predicted octanol–water partition coefficient (Wildman–Crippen LogP) is 2.96. The van der Waals surface area contributed by atoms with Gasteiger partial charge in [-0.25, -0.2) is 4.98 Å². The fraction of sp³-hybridized carbons (Fsp3) is 0.238. The molecule has 7 nitrogen and oxygen atoms in total. The highest BCUT2D eigenvalue weighted by atomic mass is 16.5. The first-order valence-electron chi connectivity index (χ1n) is 8.83. The van der Waals surface area contributed by atoms with E-state index in [1.54, 1.807) is 33.5 Å². The molecule has 3 aromatic rings. The molecule has 0 unspecified atom stereocenters. The topological polar surface area (TPSA) is 85.5 Å². The number of nitrogens with zero attached hydrogens (tertiary/aromatic N) is 1. The van der Waals surface area contributed by atoms with E-state index in [4.69, 9.17) is 14.2 Å². The SMILES string of the molecule is COc1ccc2nc(CCNC(=O)/C=C/c3ccc(OC)c(OC)c3)[nH]c2c1. The number of rotatable bonds is 8. The number of carbonyl (C=O) groups is 1. The first-order chi connectivity index (χ1) is 13.6. The summed E-state index contributed by atoms with van der Waals surface area (Å²) in [6.45, 7) is 0.478. The van der Waals surface area contributed by atoms with Gasteiger partial charge in [0.25, 0.3) is 0 Å². The van der Waals surface area contributed by atoms with E-state index in [9.17, 15) is 4.79 Å². The molecule has 1 heterocycles. The van der Waals surface area contributed by atoms with E-state index in [1.165, 1.54) is 6.08 Å². The molecule has 3 rings (SSSR count). The maximum absolute atomic E-state index is 12.0. The highest BCUT2D eigenvalue weighted by Crippen LogP contribution is 2.27. The van der Waals surface area contributed by atoms with Gasteiger partial charge in [-0.15, -0.1) is 0 Å². The smallest absolute Gasteiger partial charge is 0.244 e. The minimum atomic E-state index is -0.174. The van der Waals surface area contributed by atoms with Crippen LogP contribution in [0.25, 0.3) is 17.1 Å². The van der Waals surface area contributed by atoms with Crippen molar-refractivity contribution in [1.82, 2.24) is 15.3 Å². The molecular weight excluding hydrogens is 358 g/mol. The van der Waals surface area contributed by atoms with Gasteiger partial charge in [-0.2, -0.15) is 0 Å². The second kappa shape index (κ2) is 8.94. The van der Waals surface area contributed by atoms with E-state index in [0.29, 0.717) is 24.5 Å². The Morgan fingerprint density at radius 1 is 1.07 bits per heavy atom. The quantitative estimate of drug-likeness (QED) is 0.586. The maximum atomic E-state index is 12.0. The third-order valence-corrected chi connectivity index (χ3v) is 4.23. The molecule has 0 atom stereocenters. The fourth-order valence-electron chi connectivity index (χ4n) is 2.78. The highest BCUT2D eigenvalue weighted by Gasteiger charge is 2.05.